The van der Waals surface area contributed by atoms with Crippen LogP contribution in [0, 0.1) is 0 Å². The molecule has 6 rings (SSSR count). The van der Waals surface area contributed by atoms with E-state index in [9.17, 15) is 0 Å². The summed E-state index contributed by atoms with van der Waals surface area (Å²) in [6.07, 6.45) is 3.49. The maximum absolute atomic E-state index is 6.21. The monoisotopic (exact) mass is 449 g/mol. The Hall–Kier alpha value is -3.69. The van der Waals surface area contributed by atoms with Gasteiger partial charge in [0.2, 0.25) is 5.95 Å². The maximum Gasteiger partial charge on any atom is 0.231 e. The van der Waals surface area contributed by atoms with Crippen LogP contribution in [0.25, 0.3) is 33.3 Å². The van der Waals surface area contributed by atoms with Crippen molar-refractivity contribution in [2.24, 2.45) is 0 Å². The number of ether oxygens (including phenoxy) is 1. The maximum atomic E-state index is 6.21. The molecule has 32 heavy (non-hydrogen) atoms. The first-order valence-corrected chi connectivity index (χ1v) is 10.1. The number of anilines is 3. The van der Waals surface area contributed by atoms with Gasteiger partial charge in [-0.05, 0) is 24.3 Å². The van der Waals surface area contributed by atoms with Crippen molar-refractivity contribution in [1.82, 2.24) is 25.1 Å². The van der Waals surface area contributed by atoms with Crippen LogP contribution in [0.15, 0.2) is 59.3 Å². The summed E-state index contributed by atoms with van der Waals surface area (Å²) in [6.45, 7) is 2.77. The Morgan fingerprint density at radius 1 is 1.00 bits per heavy atom. The van der Waals surface area contributed by atoms with Crippen LogP contribution in [0.2, 0.25) is 0 Å². The number of aromatic nitrogens is 5. The lowest BCUT2D eigenvalue weighted by atomic mass is 10.2. The van der Waals surface area contributed by atoms with Crippen molar-refractivity contribution in [2.45, 2.75) is 0 Å². The summed E-state index contributed by atoms with van der Waals surface area (Å²) in [5.74, 6) is 2.62. The van der Waals surface area contributed by atoms with Gasteiger partial charge < -0.3 is 19.4 Å². The Labute approximate surface area is 189 Å². The van der Waals surface area contributed by atoms with Crippen molar-refractivity contribution in [3.63, 3.8) is 0 Å². The third-order valence-electron chi connectivity index (χ3n) is 5.33. The van der Waals surface area contributed by atoms with Gasteiger partial charge in [-0.3, -0.25) is 10.1 Å². The number of hydrogen-bond donors (Lipinski definition) is 2. The standard InChI is InChI=1S/C22H19N7O2.ClH/c1-2-4-16-15(3-1)20(28-27-16)25-22-24-17-13-18(14-5-7-23-8-6-14)31-19(17)21(26-22)29-9-11-30-12-10-29;/h1-8,13H,9-12H2,(H2,24,25,26,27,28);1H. The highest BCUT2D eigenvalue weighted by atomic mass is 35.5. The van der Waals surface area contributed by atoms with Gasteiger partial charge in [-0.2, -0.15) is 10.1 Å². The van der Waals surface area contributed by atoms with Crippen molar-refractivity contribution in [3.8, 4) is 11.3 Å². The van der Waals surface area contributed by atoms with E-state index in [2.05, 4.69) is 25.4 Å². The molecule has 0 saturated carbocycles. The van der Waals surface area contributed by atoms with Crippen LogP contribution in [0.1, 0.15) is 0 Å². The lowest BCUT2D eigenvalue weighted by molar-refractivity contribution is 0.122. The number of H-pyrrole nitrogens is 1. The number of halogens is 1. The van der Waals surface area contributed by atoms with Gasteiger partial charge in [-0.15, -0.1) is 12.4 Å². The summed E-state index contributed by atoms with van der Waals surface area (Å²) in [5.41, 5.74) is 3.27. The van der Waals surface area contributed by atoms with Crippen LogP contribution in [0.3, 0.4) is 0 Å². The van der Waals surface area contributed by atoms with Crippen LogP contribution in [0.4, 0.5) is 17.6 Å². The zero-order valence-corrected chi connectivity index (χ0v) is 17.8. The minimum absolute atomic E-state index is 0. The predicted octanol–water partition coefficient (Wildman–Crippen LogP) is 4.16. The number of aromatic amines is 1. The lowest BCUT2D eigenvalue weighted by Gasteiger charge is -2.27. The summed E-state index contributed by atoms with van der Waals surface area (Å²) in [7, 11) is 0. The van der Waals surface area contributed by atoms with E-state index < -0.39 is 0 Å². The van der Waals surface area contributed by atoms with Crippen LogP contribution < -0.4 is 10.2 Å². The van der Waals surface area contributed by atoms with E-state index in [0.717, 1.165) is 46.7 Å². The largest absolute Gasteiger partial charge is 0.450 e. The van der Waals surface area contributed by atoms with Crippen LogP contribution in [-0.4, -0.2) is 51.5 Å². The Morgan fingerprint density at radius 2 is 1.81 bits per heavy atom. The molecule has 0 unspecified atom stereocenters. The number of rotatable bonds is 4. The summed E-state index contributed by atoms with van der Waals surface area (Å²) >= 11 is 0. The second-order valence-electron chi connectivity index (χ2n) is 7.27. The second-order valence-corrected chi connectivity index (χ2v) is 7.27. The topological polar surface area (TPSA) is 105 Å². The molecule has 10 heteroatoms. The van der Waals surface area contributed by atoms with Crippen LogP contribution in [0.5, 0.6) is 0 Å². The van der Waals surface area contributed by atoms with Gasteiger partial charge in [0, 0.05) is 42.5 Å². The van der Waals surface area contributed by atoms with Crippen molar-refractivity contribution in [3.05, 3.63) is 54.9 Å². The van der Waals surface area contributed by atoms with Gasteiger partial charge in [0.15, 0.2) is 17.2 Å². The van der Waals surface area contributed by atoms with E-state index in [1.807, 2.05) is 42.5 Å². The van der Waals surface area contributed by atoms with E-state index in [4.69, 9.17) is 19.1 Å². The highest BCUT2D eigenvalue weighted by Crippen LogP contribution is 2.34. The third-order valence-corrected chi connectivity index (χ3v) is 5.33. The summed E-state index contributed by atoms with van der Waals surface area (Å²) in [4.78, 5) is 15.8. The smallest absolute Gasteiger partial charge is 0.231 e. The third kappa shape index (κ3) is 3.61. The molecule has 5 heterocycles. The molecule has 0 atom stereocenters. The molecule has 0 amide bonds. The van der Waals surface area contributed by atoms with E-state index in [0.29, 0.717) is 30.6 Å². The number of nitrogens with zero attached hydrogens (tertiary/aromatic N) is 5. The molecule has 0 aliphatic carbocycles. The van der Waals surface area contributed by atoms with E-state index in [1.54, 1.807) is 12.4 Å². The van der Waals surface area contributed by atoms with Gasteiger partial charge in [-0.25, -0.2) is 4.98 Å². The highest BCUT2D eigenvalue weighted by Gasteiger charge is 2.22. The summed E-state index contributed by atoms with van der Waals surface area (Å²) < 4.78 is 11.7. The molecule has 162 valence electrons. The molecule has 1 saturated heterocycles. The summed E-state index contributed by atoms with van der Waals surface area (Å²) in [6, 6.07) is 13.7. The molecule has 0 spiro atoms. The number of pyridine rings is 1. The molecule has 1 aromatic carbocycles. The molecule has 4 aromatic heterocycles. The number of para-hydroxylation sites is 1. The Kier molecular flexibility index (Phi) is 5.34. The number of fused-ring (bicyclic) bond motifs is 2. The highest BCUT2D eigenvalue weighted by molar-refractivity contribution is 5.92. The molecule has 0 radical (unpaired) electrons. The molecule has 2 N–H and O–H groups in total. The number of benzene rings is 1. The van der Waals surface area contributed by atoms with E-state index in [-0.39, 0.29) is 12.4 Å². The molecule has 1 aliphatic heterocycles. The fourth-order valence-electron chi connectivity index (χ4n) is 3.78. The number of morpholine rings is 1. The molecule has 0 bridgehead atoms. The first-order chi connectivity index (χ1) is 15.3. The van der Waals surface area contributed by atoms with Gasteiger partial charge >= 0.3 is 0 Å². The second kappa shape index (κ2) is 8.45. The van der Waals surface area contributed by atoms with Gasteiger partial charge in [-0.1, -0.05) is 12.1 Å². The zero-order chi connectivity index (χ0) is 20.6. The molecular weight excluding hydrogens is 430 g/mol. The number of furan rings is 1. The van der Waals surface area contributed by atoms with Gasteiger partial charge in [0.1, 0.15) is 11.3 Å². The van der Waals surface area contributed by atoms with Crippen molar-refractivity contribution in [2.75, 3.05) is 36.5 Å². The number of hydrogen-bond acceptors (Lipinski definition) is 8. The van der Waals surface area contributed by atoms with E-state index >= 15 is 0 Å². The average molecular weight is 450 g/mol. The average Bonchev–Trinajstić information content (AvgIpc) is 3.44. The Bertz CT molecular complexity index is 1360. The van der Waals surface area contributed by atoms with Crippen LogP contribution >= 0.6 is 12.4 Å². The fourth-order valence-corrected chi connectivity index (χ4v) is 3.78. The lowest BCUT2D eigenvalue weighted by Crippen LogP contribution is -2.37. The minimum atomic E-state index is 0. The normalized spacial score (nSPS) is 13.9. The van der Waals surface area contributed by atoms with Crippen molar-refractivity contribution in [1.29, 1.82) is 0 Å². The zero-order valence-electron chi connectivity index (χ0n) is 17.0. The van der Waals surface area contributed by atoms with E-state index in [1.165, 1.54) is 0 Å². The van der Waals surface area contributed by atoms with Crippen LogP contribution in [-0.2, 0) is 4.74 Å². The Morgan fingerprint density at radius 3 is 2.66 bits per heavy atom. The number of nitrogens with one attached hydrogen (secondary N) is 2. The quantitative estimate of drug-likeness (QED) is 0.421. The first kappa shape index (κ1) is 20.2. The minimum Gasteiger partial charge on any atom is -0.450 e. The van der Waals surface area contributed by atoms with Gasteiger partial charge in [0.05, 0.1) is 18.7 Å². The molecular formula is C22H20ClN7O2. The molecule has 5 aromatic rings. The van der Waals surface area contributed by atoms with Gasteiger partial charge in [0.25, 0.3) is 0 Å². The molecule has 1 fully saturated rings. The fraction of sp³-hybridized carbons (Fsp3) is 0.182. The Balaban J connectivity index is 0.00000216. The first-order valence-electron chi connectivity index (χ1n) is 10.1. The van der Waals surface area contributed by atoms with Crippen molar-refractivity contribution >= 4 is 52.0 Å². The summed E-state index contributed by atoms with van der Waals surface area (Å²) in [5, 5.41) is 11.7. The molecule has 9 nitrogen and oxygen atoms in total. The van der Waals surface area contributed by atoms with Crippen molar-refractivity contribution < 1.29 is 9.15 Å². The predicted molar refractivity (Wildman–Crippen MR) is 125 cm³/mol. The molecule has 1 aliphatic rings. The SMILES string of the molecule is Cl.c1ccc2c(Nc3nc(N4CCOCC4)c4oc(-c5ccncc5)cc4n3)n[nH]c2c1.